The number of alkyl halides is 3. The van der Waals surface area contributed by atoms with Crippen molar-refractivity contribution < 1.29 is 30.7 Å². The molecule has 0 radical (unpaired) electrons. The molecule has 1 aromatic carbocycles. The predicted molar refractivity (Wildman–Crippen MR) is 83.4 cm³/mol. The zero-order valence-electron chi connectivity index (χ0n) is 13.3. The summed E-state index contributed by atoms with van der Waals surface area (Å²) in [6.07, 6.45) is -3.90. The molecular weight excluding hydrogens is 376 g/mol. The average molecular weight is 390 g/mol. The molecule has 1 saturated heterocycles. The second-order valence-electron chi connectivity index (χ2n) is 5.73. The smallest absolute Gasteiger partial charge is 0.416 e. The summed E-state index contributed by atoms with van der Waals surface area (Å²) in [5.41, 5.74) is -0.898. The Hall–Kier alpha value is -2.20. The van der Waals surface area contributed by atoms with E-state index in [2.05, 4.69) is 4.98 Å². The molecule has 0 spiro atoms. The molecule has 26 heavy (non-hydrogen) atoms. The number of aromatic nitrogens is 1. The van der Waals surface area contributed by atoms with E-state index in [1.54, 1.807) is 0 Å². The molecule has 1 unspecified atom stereocenters. The molecule has 1 aromatic heterocycles. The van der Waals surface area contributed by atoms with Gasteiger partial charge < -0.3 is 4.74 Å². The summed E-state index contributed by atoms with van der Waals surface area (Å²) >= 11 is 0. The Labute approximate surface area is 147 Å². The Morgan fingerprint density at radius 2 is 1.96 bits per heavy atom. The van der Waals surface area contributed by atoms with Gasteiger partial charge >= 0.3 is 6.18 Å². The molecule has 0 aliphatic carbocycles. The molecule has 1 aliphatic heterocycles. The number of hydrogen-bond acceptors (Lipinski definition) is 4. The van der Waals surface area contributed by atoms with Gasteiger partial charge in [-0.3, -0.25) is 0 Å². The number of halogens is 4. The molecule has 0 amide bonds. The summed E-state index contributed by atoms with van der Waals surface area (Å²) in [5.74, 6) is -0.902. The molecule has 5 nitrogen and oxygen atoms in total. The average Bonchev–Trinajstić information content (AvgIpc) is 3.03. The predicted octanol–water partition coefficient (Wildman–Crippen LogP) is 3.08. The number of ether oxygens (including phenoxy) is 1. The van der Waals surface area contributed by atoms with Gasteiger partial charge in [0.2, 0.25) is 15.9 Å². The zero-order valence-corrected chi connectivity index (χ0v) is 14.1. The number of pyridine rings is 1. The summed E-state index contributed by atoms with van der Waals surface area (Å²) in [5, 5.41) is 0. The van der Waals surface area contributed by atoms with E-state index in [1.807, 2.05) is 0 Å². The summed E-state index contributed by atoms with van der Waals surface area (Å²) in [6.45, 7) is 0.0548. The van der Waals surface area contributed by atoms with Gasteiger partial charge in [0, 0.05) is 18.8 Å². The first-order valence-electron chi connectivity index (χ1n) is 7.62. The van der Waals surface area contributed by atoms with Crippen molar-refractivity contribution in [3.05, 3.63) is 54.0 Å². The molecule has 2 heterocycles. The second kappa shape index (κ2) is 6.84. The van der Waals surface area contributed by atoms with Crippen LogP contribution >= 0.6 is 0 Å². The minimum atomic E-state index is -4.52. The molecule has 10 heteroatoms. The van der Waals surface area contributed by atoms with Crippen LogP contribution in [0.1, 0.15) is 12.0 Å². The Balaban J connectivity index is 1.71. The van der Waals surface area contributed by atoms with Gasteiger partial charge in [0.1, 0.15) is 11.9 Å². The summed E-state index contributed by atoms with van der Waals surface area (Å²) in [7, 11) is -3.90. The van der Waals surface area contributed by atoms with E-state index in [1.165, 1.54) is 12.1 Å². The van der Waals surface area contributed by atoms with E-state index in [4.69, 9.17) is 4.74 Å². The lowest BCUT2D eigenvalue weighted by molar-refractivity contribution is -0.137. The minimum Gasteiger partial charge on any atom is -0.473 e. The van der Waals surface area contributed by atoms with Gasteiger partial charge in [-0.25, -0.2) is 17.8 Å². The van der Waals surface area contributed by atoms with Crippen LogP contribution in [0.25, 0.3) is 0 Å². The van der Waals surface area contributed by atoms with Crippen molar-refractivity contribution in [2.24, 2.45) is 0 Å². The van der Waals surface area contributed by atoms with Crippen LogP contribution in [0, 0.1) is 5.82 Å². The van der Waals surface area contributed by atoms with Crippen molar-refractivity contribution in [1.82, 2.24) is 9.29 Å². The van der Waals surface area contributed by atoms with E-state index in [0.29, 0.717) is 0 Å². The number of hydrogen-bond donors (Lipinski definition) is 0. The standard InChI is InChI=1S/C16H14F4N2O3S/c17-12-2-1-3-14(9-12)26(23,24)22-7-5-13(10-22)25-15-8-11(4-6-21-15)16(18,19)20/h1-4,6,8-9,13H,5,7,10H2. The van der Waals surface area contributed by atoms with E-state index >= 15 is 0 Å². The topological polar surface area (TPSA) is 59.5 Å². The minimum absolute atomic E-state index is 0.0588. The fourth-order valence-electron chi connectivity index (χ4n) is 2.61. The molecule has 0 N–H and O–H groups in total. The highest BCUT2D eigenvalue weighted by atomic mass is 32.2. The third kappa shape index (κ3) is 3.96. The van der Waals surface area contributed by atoms with Gasteiger partial charge in [-0.05, 0) is 30.7 Å². The molecule has 2 aromatic rings. The Morgan fingerprint density at radius 3 is 2.65 bits per heavy atom. The maximum Gasteiger partial charge on any atom is 0.416 e. The van der Waals surface area contributed by atoms with Crippen molar-refractivity contribution in [1.29, 1.82) is 0 Å². The maximum atomic E-state index is 13.3. The highest BCUT2D eigenvalue weighted by Crippen LogP contribution is 2.31. The van der Waals surface area contributed by atoms with E-state index in [-0.39, 0.29) is 30.3 Å². The largest absolute Gasteiger partial charge is 0.473 e. The van der Waals surface area contributed by atoms with E-state index < -0.39 is 33.7 Å². The molecule has 1 aliphatic rings. The first-order valence-corrected chi connectivity index (χ1v) is 9.06. The Bertz CT molecular complexity index is 902. The Kier molecular flexibility index (Phi) is 4.89. The first-order chi connectivity index (χ1) is 12.2. The lowest BCUT2D eigenvalue weighted by Gasteiger charge is -2.17. The second-order valence-corrected chi connectivity index (χ2v) is 7.67. The van der Waals surface area contributed by atoms with Gasteiger partial charge in [0.25, 0.3) is 0 Å². The maximum absolute atomic E-state index is 13.3. The van der Waals surface area contributed by atoms with Crippen molar-refractivity contribution >= 4 is 10.0 Å². The SMILES string of the molecule is O=S(=O)(c1cccc(F)c1)N1CCC(Oc2cc(C(F)(F)F)ccn2)C1. The monoisotopic (exact) mass is 390 g/mol. The highest BCUT2D eigenvalue weighted by Gasteiger charge is 2.35. The van der Waals surface area contributed by atoms with Gasteiger partial charge in [-0.2, -0.15) is 17.5 Å². The van der Waals surface area contributed by atoms with Gasteiger partial charge in [-0.1, -0.05) is 6.07 Å². The Morgan fingerprint density at radius 1 is 1.19 bits per heavy atom. The van der Waals surface area contributed by atoms with Gasteiger partial charge in [0.15, 0.2) is 0 Å². The number of sulfonamides is 1. The normalized spacial score (nSPS) is 18.8. The van der Waals surface area contributed by atoms with E-state index in [0.717, 1.165) is 34.8 Å². The molecule has 1 fully saturated rings. The van der Waals surface area contributed by atoms with E-state index in [9.17, 15) is 26.0 Å². The number of benzene rings is 1. The van der Waals surface area contributed by atoms with Crippen LogP contribution in [0.3, 0.4) is 0 Å². The van der Waals surface area contributed by atoms with Gasteiger partial charge in [-0.15, -0.1) is 0 Å². The highest BCUT2D eigenvalue weighted by molar-refractivity contribution is 7.89. The quantitative estimate of drug-likeness (QED) is 0.753. The van der Waals surface area contributed by atoms with Crippen LogP contribution < -0.4 is 4.74 Å². The third-order valence-electron chi connectivity index (χ3n) is 3.89. The summed E-state index contributed by atoms with van der Waals surface area (Å²) in [6, 6.07) is 6.21. The molecule has 0 saturated carbocycles. The lowest BCUT2D eigenvalue weighted by atomic mass is 10.2. The molecule has 3 rings (SSSR count). The zero-order chi connectivity index (χ0) is 18.9. The summed E-state index contributed by atoms with van der Waals surface area (Å²) < 4.78 is 83.0. The number of rotatable bonds is 4. The lowest BCUT2D eigenvalue weighted by Crippen LogP contribution is -2.31. The van der Waals surface area contributed by atoms with Crippen molar-refractivity contribution in [3.63, 3.8) is 0 Å². The fraction of sp³-hybridized carbons (Fsp3) is 0.312. The van der Waals surface area contributed by atoms with Crippen LogP contribution in [0.2, 0.25) is 0 Å². The van der Waals surface area contributed by atoms with Crippen LogP contribution in [-0.2, 0) is 16.2 Å². The van der Waals surface area contributed by atoms with Crippen LogP contribution in [-0.4, -0.2) is 36.9 Å². The van der Waals surface area contributed by atoms with Gasteiger partial charge in [0.05, 0.1) is 17.0 Å². The van der Waals surface area contributed by atoms with Crippen molar-refractivity contribution in [3.8, 4) is 5.88 Å². The third-order valence-corrected chi connectivity index (χ3v) is 5.75. The first kappa shape index (κ1) is 18.6. The fourth-order valence-corrected chi connectivity index (χ4v) is 4.13. The van der Waals surface area contributed by atoms with Crippen LogP contribution in [0.5, 0.6) is 5.88 Å². The summed E-state index contributed by atoms with van der Waals surface area (Å²) in [4.78, 5) is 3.55. The molecule has 140 valence electrons. The van der Waals surface area contributed by atoms with Crippen LogP contribution in [0.15, 0.2) is 47.5 Å². The number of nitrogens with zero attached hydrogens (tertiary/aromatic N) is 2. The molecule has 1 atom stereocenters. The van der Waals surface area contributed by atoms with Crippen molar-refractivity contribution in [2.75, 3.05) is 13.1 Å². The van der Waals surface area contributed by atoms with Crippen LogP contribution in [0.4, 0.5) is 17.6 Å². The van der Waals surface area contributed by atoms with Crippen molar-refractivity contribution in [2.45, 2.75) is 23.6 Å². The molecular formula is C16H14F4N2O3S. The molecule has 0 bridgehead atoms.